The molecule has 4 atom stereocenters. The van der Waals surface area contributed by atoms with E-state index in [-0.39, 0.29) is 28.8 Å². The molecule has 2 heterocycles. The zero-order valence-corrected chi connectivity index (χ0v) is 23.7. The van der Waals surface area contributed by atoms with Crippen molar-refractivity contribution in [1.82, 2.24) is 4.31 Å². The van der Waals surface area contributed by atoms with Crippen molar-refractivity contribution in [2.24, 2.45) is 17.3 Å². The molecule has 2 aliphatic heterocycles. The Kier molecular flexibility index (Phi) is 7.28. The lowest BCUT2D eigenvalue weighted by atomic mass is 9.69. The van der Waals surface area contributed by atoms with Crippen molar-refractivity contribution in [3.63, 3.8) is 0 Å². The van der Waals surface area contributed by atoms with Gasteiger partial charge in [-0.25, -0.2) is 8.42 Å². The van der Waals surface area contributed by atoms with Gasteiger partial charge >= 0.3 is 0 Å². The van der Waals surface area contributed by atoms with Crippen LogP contribution in [0.1, 0.15) is 43.7 Å². The molecule has 3 fully saturated rings. The zero-order chi connectivity index (χ0) is 27.3. The number of aliphatic hydroxyl groups excluding tert-OH is 1. The molecule has 3 unspecified atom stereocenters. The summed E-state index contributed by atoms with van der Waals surface area (Å²) >= 11 is 0. The number of sulfonamides is 1. The van der Waals surface area contributed by atoms with Gasteiger partial charge in [-0.15, -0.1) is 0 Å². The molecule has 9 heteroatoms. The third kappa shape index (κ3) is 4.62. The molecule has 0 aromatic heterocycles. The summed E-state index contributed by atoms with van der Waals surface area (Å²) in [5.41, 5.74) is 1.83. The number of rotatable bonds is 6. The molecule has 0 radical (unpaired) electrons. The summed E-state index contributed by atoms with van der Waals surface area (Å²) in [5.74, 6) is -0.433. The van der Waals surface area contributed by atoms with Gasteiger partial charge in [0, 0.05) is 30.3 Å². The van der Waals surface area contributed by atoms with Gasteiger partial charge in [-0.3, -0.25) is 0 Å². The minimum absolute atomic E-state index is 0.0294. The summed E-state index contributed by atoms with van der Waals surface area (Å²) in [4.78, 5) is 0.248. The Morgan fingerprint density at radius 3 is 2.29 bits per heavy atom. The quantitative estimate of drug-likeness (QED) is 0.587. The van der Waals surface area contributed by atoms with Crippen LogP contribution in [-0.2, 0) is 19.5 Å². The number of benzene rings is 2. The van der Waals surface area contributed by atoms with Crippen LogP contribution in [-0.4, -0.2) is 70.2 Å². The number of fused-ring (bicyclic) bond motifs is 1. The van der Waals surface area contributed by atoms with E-state index < -0.39 is 27.8 Å². The van der Waals surface area contributed by atoms with E-state index in [4.69, 9.17) is 18.9 Å². The van der Waals surface area contributed by atoms with Gasteiger partial charge in [0.15, 0.2) is 17.3 Å². The van der Waals surface area contributed by atoms with Crippen LogP contribution in [0.5, 0.6) is 11.5 Å². The first kappa shape index (κ1) is 27.4. The lowest BCUT2D eigenvalue weighted by molar-refractivity contribution is -0.343. The average Bonchev–Trinajstić information content (AvgIpc) is 3.30. The number of aliphatic hydroxyl groups is 1. The first-order valence-electron chi connectivity index (χ1n) is 13.2. The summed E-state index contributed by atoms with van der Waals surface area (Å²) in [5, 5.41) is 10.8. The Morgan fingerprint density at radius 1 is 1.03 bits per heavy atom. The van der Waals surface area contributed by atoms with E-state index in [9.17, 15) is 13.5 Å². The monoisotopic (exact) mass is 545 g/mol. The fraction of sp³-hybridized carbons (Fsp3) is 0.586. The van der Waals surface area contributed by atoms with Crippen LogP contribution in [0.4, 0.5) is 0 Å². The van der Waals surface area contributed by atoms with Crippen molar-refractivity contribution in [2.45, 2.75) is 56.3 Å². The van der Waals surface area contributed by atoms with Crippen LogP contribution in [0.3, 0.4) is 0 Å². The second-order valence-corrected chi connectivity index (χ2v) is 13.5. The Bertz CT molecular complexity index is 1250. The van der Waals surface area contributed by atoms with Crippen molar-refractivity contribution < 1.29 is 32.5 Å². The molecule has 8 nitrogen and oxygen atoms in total. The van der Waals surface area contributed by atoms with Gasteiger partial charge in [0.25, 0.3) is 0 Å². The van der Waals surface area contributed by atoms with Crippen molar-refractivity contribution in [3.05, 3.63) is 53.6 Å². The number of ether oxygens (including phenoxy) is 4. The van der Waals surface area contributed by atoms with Crippen molar-refractivity contribution >= 4 is 10.0 Å². The normalized spacial score (nSPS) is 28.7. The van der Waals surface area contributed by atoms with Gasteiger partial charge in [-0.05, 0) is 49.1 Å². The van der Waals surface area contributed by atoms with Gasteiger partial charge < -0.3 is 24.1 Å². The van der Waals surface area contributed by atoms with Crippen LogP contribution in [0.15, 0.2) is 47.4 Å². The van der Waals surface area contributed by atoms with Gasteiger partial charge in [0.2, 0.25) is 10.0 Å². The molecular weight excluding hydrogens is 506 g/mol. The van der Waals surface area contributed by atoms with Gasteiger partial charge in [-0.2, -0.15) is 4.31 Å². The molecule has 2 aromatic carbocycles. The number of methoxy groups -OCH3 is 2. The maximum atomic E-state index is 14.2. The maximum Gasteiger partial charge on any atom is 0.243 e. The van der Waals surface area contributed by atoms with E-state index >= 15 is 0 Å². The average molecular weight is 546 g/mol. The molecule has 0 bridgehead atoms. The van der Waals surface area contributed by atoms with E-state index in [1.807, 2.05) is 37.3 Å². The lowest BCUT2D eigenvalue weighted by Crippen LogP contribution is -2.62. The van der Waals surface area contributed by atoms with Crippen molar-refractivity contribution in [2.75, 3.05) is 40.6 Å². The first-order valence-corrected chi connectivity index (χ1v) is 14.7. The van der Waals surface area contributed by atoms with E-state index in [1.54, 1.807) is 30.7 Å². The summed E-state index contributed by atoms with van der Waals surface area (Å²) in [7, 11) is -0.671. The Morgan fingerprint density at radius 2 is 1.68 bits per heavy atom. The third-order valence-corrected chi connectivity index (χ3v) is 10.4. The predicted octanol–water partition coefficient (Wildman–Crippen LogP) is 3.96. The second kappa shape index (κ2) is 10.1. The van der Waals surface area contributed by atoms with Crippen LogP contribution < -0.4 is 9.47 Å². The summed E-state index contributed by atoms with van der Waals surface area (Å²) < 4.78 is 53.7. The highest BCUT2D eigenvalue weighted by Gasteiger charge is 2.61. The van der Waals surface area contributed by atoms with Gasteiger partial charge in [0.05, 0.1) is 44.9 Å². The zero-order valence-electron chi connectivity index (χ0n) is 22.8. The Balaban J connectivity index is 1.58. The molecule has 1 aliphatic carbocycles. The number of hydrogen-bond acceptors (Lipinski definition) is 7. The Hall–Kier alpha value is -2.17. The number of hydrogen-bond donors (Lipinski definition) is 1. The predicted molar refractivity (Wildman–Crippen MR) is 143 cm³/mol. The van der Waals surface area contributed by atoms with Gasteiger partial charge in [-0.1, -0.05) is 37.6 Å². The molecule has 208 valence electrons. The fourth-order valence-corrected chi connectivity index (χ4v) is 8.18. The summed E-state index contributed by atoms with van der Waals surface area (Å²) in [6.45, 7) is 7.13. The Labute approximate surface area is 225 Å². The van der Waals surface area contributed by atoms with E-state index in [0.717, 1.165) is 11.1 Å². The number of aryl methyl sites for hydroxylation is 1. The van der Waals surface area contributed by atoms with Gasteiger partial charge in [0.1, 0.15) is 0 Å². The SMILES string of the molecule is COc1ccc([C@H]2CN(S(=O)(=O)c3ccc(C)cc3)C3C2CCC2(OCC(C)(C)CO2)C3CO)cc1OC. The van der Waals surface area contributed by atoms with Crippen LogP contribution in [0.2, 0.25) is 0 Å². The largest absolute Gasteiger partial charge is 0.493 e. The molecule has 5 rings (SSSR count). The van der Waals surface area contributed by atoms with Crippen molar-refractivity contribution in [1.29, 1.82) is 0 Å². The molecule has 3 aliphatic rings. The highest BCUT2D eigenvalue weighted by molar-refractivity contribution is 7.89. The molecule has 0 amide bonds. The smallest absolute Gasteiger partial charge is 0.243 e. The molecular formula is C29H39NO7S. The number of nitrogens with zero attached hydrogens (tertiary/aromatic N) is 1. The second-order valence-electron chi connectivity index (χ2n) is 11.6. The standard InChI is InChI=1S/C29H39NO7S/c1-19-6-9-21(10-7-19)38(32,33)30-15-23(20-8-11-25(34-4)26(14-20)35-5)22-12-13-29(24(16-31)27(22)30)36-17-28(2,3)18-37-29/h6-11,14,22-24,27,31H,12-13,15-18H2,1-5H3/t22?,23-,24?,27?/m1/s1. The molecule has 1 saturated carbocycles. The van der Waals surface area contributed by atoms with Crippen LogP contribution in [0.25, 0.3) is 0 Å². The molecule has 1 spiro atoms. The molecule has 38 heavy (non-hydrogen) atoms. The highest BCUT2D eigenvalue weighted by Crippen LogP contribution is 2.54. The fourth-order valence-electron chi connectivity index (χ4n) is 6.45. The highest BCUT2D eigenvalue weighted by atomic mass is 32.2. The minimum Gasteiger partial charge on any atom is -0.493 e. The summed E-state index contributed by atoms with van der Waals surface area (Å²) in [6.07, 6.45) is 1.30. The van der Waals surface area contributed by atoms with E-state index in [2.05, 4.69) is 13.8 Å². The topological polar surface area (TPSA) is 94.5 Å². The minimum atomic E-state index is -3.86. The maximum absolute atomic E-state index is 14.2. The molecule has 2 aromatic rings. The van der Waals surface area contributed by atoms with Crippen LogP contribution in [0, 0.1) is 24.2 Å². The lowest BCUT2D eigenvalue weighted by Gasteiger charge is -2.53. The molecule has 2 saturated heterocycles. The molecule has 1 N–H and O–H groups in total. The summed E-state index contributed by atoms with van der Waals surface area (Å²) in [6, 6.07) is 12.2. The van der Waals surface area contributed by atoms with Crippen LogP contribution >= 0.6 is 0 Å². The third-order valence-electron chi connectivity index (χ3n) is 8.54. The first-order chi connectivity index (χ1) is 18.0. The van der Waals surface area contributed by atoms with Crippen molar-refractivity contribution in [3.8, 4) is 11.5 Å². The van der Waals surface area contributed by atoms with E-state index in [1.165, 1.54) is 0 Å². The van der Waals surface area contributed by atoms with E-state index in [0.29, 0.717) is 44.1 Å².